The molecule has 4 nitrogen and oxygen atoms in total. The van der Waals surface area contributed by atoms with E-state index in [0.29, 0.717) is 0 Å². The number of hydrogen-bond donors (Lipinski definition) is 3. The predicted molar refractivity (Wildman–Crippen MR) is 61.5 cm³/mol. The molecule has 0 fully saturated rings. The summed E-state index contributed by atoms with van der Waals surface area (Å²) in [7, 11) is 0. The summed E-state index contributed by atoms with van der Waals surface area (Å²) in [5.41, 5.74) is 7.31. The highest BCUT2D eigenvalue weighted by atomic mass is 16.4. The van der Waals surface area contributed by atoms with Gasteiger partial charge in [-0.3, -0.25) is 4.79 Å². The van der Waals surface area contributed by atoms with Gasteiger partial charge in [-0.25, -0.2) is 0 Å². The van der Waals surface area contributed by atoms with Crippen LogP contribution >= 0.6 is 0 Å². The van der Waals surface area contributed by atoms with Gasteiger partial charge in [0.25, 0.3) is 0 Å². The van der Waals surface area contributed by atoms with Crippen molar-refractivity contribution in [3.05, 3.63) is 29.3 Å². The number of nitrogens with two attached hydrogens (primary N) is 1. The number of carbonyl (C=O) groups is 1. The largest absolute Gasteiger partial charge is 0.508 e. The number of rotatable bonds is 4. The lowest BCUT2D eigenvalue weighted by Crippen LogP contribution is -2.32. The van der Waals surface area contributed by atoms with E-state index in [4.69, 9.17) is 10.8 Å². The van der Waals surface area contributed by atoms with E-state index >= 15 is 0 Å². The van der Waals surface area contributed by atoms with Crippen molar-refractivity contribution in [2.24, 2.45) is 5.73 Å². The van der Waals surface area contributed by atoms with E-state index < -0.39 is 12.0 Å². The molecule has 0 saturated carbocycles. The highest BCUT2D eigenvalue weighted by Gasteiger charge is 2.15. The average Bonchev–Trinajstić information content (AvgIpc) is 2.20. The van der Waals surface area contributed by atoms with Crippen LogP contribution in [0.2, 0.25) is 0 Å². The smallest absolute Gasteiger partial charge is 0.320 e. The van der Waals surface area contributed by atoms with Crippen molar-refractivity contribution in [2.75, 3.05) is 0 Å². The predicted octanol–water partition coefficient (Wildman–Crippen LogP) is 1.47. The van der Waals surface area contributed by atoms with Gasteiger partial charge in [-0.05, 0) is 35.6 Å². The molecule has 88 valence electrons. The van der Waals surface area contributed by atoms with Gasteiger partial charge in [0.2, 0.25) is 0 Å². The molecule has 0 unspecified atom stereocenters. The Morgan fingerprint density at radius 1 is 1.44 bits per heavy atom. The SMILES string of the molecule is CC(C)c1cc(O)ccc1C[C@H](N)C(=O)O. The molecule has 0 radical (unpaired) electrons. The first-order valence-corrected chi connectivity index (χ1v) is 5.22. The normalized spacial score (nSPS) is 12.8. The molecular formula is C12H17NO3. The standard InChI is InChI=1S/C12H17NO3/c1-7(2)10-6-9(14)4-3-8(10)5-11(13)12(15)16/h3-4,6-7,11,14H,5,13H2,1-2H3,(H,15,16)/t11-/m0/s1. The second-order valence-electron chi connectivity index (χ2n) is 4.19. The van der Waals surface area contributed by atoms with E-state index in [1.54, 1.807) is 18.2 Å². The minimum atomic E-state index is -1.01. The van der Waals surface area contributed by atoms with Crippen molar-refractivity contribution >= 4 is 5.97 Å². The highest BCUT2D eigenvalue weighted by Crippen LogP contribution is 2.24. The fourth-order valence-corrected chi connectivity index (χ4v) is 1.63. The molecule has 0 aromatic heterocycles. The number of phenols is 1. The molecule has 1 aromatic carbocycles. The number of phenolic OH excluding ortho intramolecular Hbond substituents is 1. The second kappa shape index (κ2) is 4.99. The maximum absolute atomic E-state index is 10.7. The van der Waals surface area contributed by atoms with Gasteiger partial charge in [0.15, 0.2) is 0 Å². The molecule has 1 rings (SSSR count). The fourth-order valence-electron chi connectivity index (χ4n) is 1.63. The van der Waals surface area contributed by atoms with Gasteiger partial charge in [0.1, 0.15) is 11.8 Å². The van der Waals surface area contributed by atoms with Gasteiger partial charge in [-0.1, -0.05) is 19.9 Å². The van der Waals surface area contributed by atoms with E-state index in [1.165, 1.54) is 0 Å². The van der Waals surface area contributed by atoms with Crippen LogP contribution in [0.25, 0.3) is 0 Å². The van der Waals surface area contributed by atoms with Crippen molar-refractivity contribution < 1.29 is 15.0 Å². The van der Waals surface area contributed by atoms with Crippen LogP contribution in [0.4, 0.5) is 0 Å². The Balaban J connectivity index is 2.99. The summed E-state index contributed by atoms with van der Waals surface area (Å²) in [5, 5.41) is 18.1. The molecular weight excluding hydrogens is 206 g/mol. The Bertz CT molecular complexity index is 388. The van der Waals surface area contributed by atoms with Crippen LogP contribution in [0.3, 0.4) is 0 Å². The lowest BCUT2D eigenvalue weighted by molar-refractivity contribution is -0.138. The zero-order valence-corrected chi connectivity index (χ0v) is 9.47. The van der Waals surface area contributed by atoms with Crippen molar-refractivity contribution in [3.63, 3.8) is 0 Å². The third-order valence-corrected chi connectivity index (χ3v) is 2.51. The molecule has 0 aliphatic heterocycles. The number of aliphatic carboxylic acids is 1. The minimum absolute atomic E-state index is 0.191. The summed E-state index contributed by atoms with van der Waals surface area (Å²) in [4.78, 5) is 10.7. The van der Waals surface area contributed by atoms with Crippen molar-refractivity contribution in [1.82, 2.24) is 0 Å². The zero-order chi connectivity index (χ0) is 12.3. The number of hydrogen-bond acceptors (Lipinski definition) is 3. The Labute approximate surface area is 94.7 Å². The third-order valence-electron chi connectivity index (χ3n) is 2.51. The van der Waals surface area contributed by atoms with Gasteiger partial charge in [0.05, 0.1) is 0 Å². The van der Waals surface area contributed by atoms with Crippen LogP contribution in [-0.2, 0) is 11.2 Å². The Hall–Kier alpha value is -1.55. The van der Waals surface area contributed by atoms with E-state index in [0.717, 1.165) is 11.1 Å². The van der Waals surface area contributed by atoms with Crippen LogP contribution in [0.5, 0.6) is 5.75 Å². The Kier molecular flexibility index (Phi) is 3.90. The van der Waals surface area contributed by atoms with Crippen LogP contribution < -0.4 is 5.73 Å². The molecule has 0 bridgehead atoms. The first-order chi connectivity index (χ1) is 7.41. The van der Waals surface area contributed by atoms with Gasteiger partial charge in [0, 0.05) is 0 Å². The molecule has 0 spiro atoms. The molecule has 0 aliphatic carbocycles. The van der Waals surface area contributed by atoms with Gasteiger partial charge >= 0.3 is 5.97 Å². The van der Waals surface area contributed by atoms with Gasteiger partial charge < -0.3 is 15.9 Å². The molecule has 0 heterocycles. The Morgan fingerprint density at radius 2 is 2.06 bits per heavy atom. The lowest BCUT2D eigenvalue weighted by atomic mass is 9.93. The fraction of sp³-hybridized carbons (Fsp3) is 0.417. The first kappa shape index (κ1) is 12.5. The van der Waals surface area contributed by atoms with Crippen molar-refractivity contribution in [2.45, 2.75) is 32.2 Å². The van der Waals surface area contributed by atoms with Gasteiger partial charge in [-0.2, -0.15) is 0 Å². The minimum Gasteiger partial charge on any atom is -0.508 e. The molecule has 0 saturated heterocycles. The van der Waals surface area contributed by atoms with Crippen molar-refractivity contribution in [3.8, 4) is 5.75 Å². The summed E-state index contributed by atoms with van der Waals surface area (Å²) < 4.78 is 0. The summed E-state index contributed by atoms with van der Waals surface area (Å²) in [6, 6.07) is 4.04. The molecule has 1 aromatic rings. The number of carboxylic acid groups (broad SMARTS) is 1. The zero-order valence-electron chi connectivity index (χ0n) is 9.47. The molecule has 0 amide bonds. The van der Waals surface area contributed by atoms with Crippen LogP contribution in [0.15, 0.2) is 18.2 Å². The van der Waals surface area contributed by atoms with E-state index in [9.17, 15) is 9.90 Å². The summed E-state index contributed by atoms with van der Waals surface area (Å²) in [6.45, 7) is 3.98. The molecule has 1 atom stereocenters. The first-order valence-electron chi connectivity index (χ1n) is 5.22. The maximum Gasteiger partial charge on any atom is 0.320 e. The monoisotopic (exact) mass is 223 g/mol. The maximum atomic E-state index is 10.7. The van der Waals surface area contributed by atoms with E-state index in [1.807, 2.05) is 13.8 Å². The quantitative estimate of drug-likeness (QED) is 0.721. The Morgan fingerprint density at radius 3 is 2.56 bits per heavy atom. The lowest BCUT2D eigenvalue weighted by Gasteiger charge is -2.15. The average molecular weight is 223 g/mol. The number of benzene rings is 1. The molecule has 16 heavy (non-hydrogen) atoms. The summed E-state index contributed by atoms with van der Waals surface area (Å²) in [6.07, 6.45) is 0.281. The van der Waals surface area contributed by atoms with E-state index in [2.05, 4.69) is 0 Å². The molecule has 4 heteroatoms. The number of aromatic hydroxyl groups is 1. The molecule has 4 N–H and O–H groups in total. The van der Waals surface area contributed by atoms with Crippen LogP contribution in [0.1, 0.15) is 30.9 Å². The van der Waals surface area contributed by atoms with Crippen LogP contribution in [-0.4, -0.2) is 22.2 Å². The number of carboxylic acids is 1. The van der Waals surface area contributed by atoms with Crippen LogP contribution in [0, 0.1) is 0 Å². The third kappa shape index (κ3) is 2.97. The van der Waals surface area contributed by atoms with E-state index in [-0.39, 0.29) is 18.1 Å². The highest BCUT2D eigenvalue weighted by molar-refractivity contribution is 5.73. The van der Waals surface area contributed by atoms with Gasteiger partial charge in [-0.15, -0.1) is 0 Å². The second-order valence-corrected chi connectivity index (χ2v) is 4.19. The summed E-state index contributed by atoms with van der Waals surface area (Å²) >= 11 is 0. The summed E-state index contributed by atoms with van der Waals surface area (Å²) in [5.74, 6) is -0.595. The molecule has 0 aliphatic rings. The topological polar surface area (TPSA) is 83.5 Å². The van der Waals surface area contributed by atoms with Crippen molar-refractivity contribution in [1.29, 1.82) is 0 Å².